The lowest BCUT2D eigenvalue weighted by Crippen LogP contribution is -2.44. The van der Waals surface area contributed by atoms with Gasteiger partial charge in [0.25, 0.3) is 0 Å². The summed E-state index contributed by atoms with van der Waals surface area (Å²) in [4.78, 5) is 11.4. The Kier molecular flexibility index (Phi) is 3.07. The highest BCUT2D eigenvalue weighted by atomic mass is 16.4. The van der Waals surface area contributed by atoms with Crippen LogP contribution in [-0.2, 0) is 4.79 Å². The van der Waals surface area contributed by atoms with E-state index >= 15 is 0 Å². The summed E-state index contributed by atoms with van der Waals surface area (Å²) < 4.78 is 0. The van der Waals surface area contributed by atoms with Crippen molar-refractivity contribution < 1.29 is 9.90 Å². The smallest absolute Gasteiger partial charge is 0.306 e. The van der Waals surface area contributed by atoms with Crippen LogP contribution in [0, 0.1) is 40.4 Å². The molecule has 2 bridgehead atoms. The molecule has 0 aliphatic heterocycles. The summed E-state index contributed by atoms with van der Waals surface area (Å²) in [5.74, 6) is 1.61. The topological polar surface area (TPSA) is 37.3 Å². The minimum Gasteiger partial charge on any atom is -0.481 e. The molecule has 0 heterocycles. The van der Waals surface area contributed by atoms with Crippen LogP contribution in [0.3, 0.4) is 0 Å². The molecule has 0 aromatic carbocycles. The molecule has 2 fully saturated rings. The number of carbonyl (C=O) groups is 1. The number of hydrogen-bond acceptors (Lipinski definition) is 1. The van der Waals surface area contributed by atoms with Gasteiger partial charge in [0.1, 0.15) is 0 Å². The molecule has 18 heavy (non-hydrogen) atoms. The normalized spacial score (nSPS) is 40.2. The van der Waals surface area contributed by atoms with Crippen molar-refractivity contribution in [3.63, 3.8) is 0 Å². The van der Waals surface area contributed by atoms with Crippen molar-refractivity contribution in [1.29, 1.82) is 0 Å². The second kappa shape index (κ2) is 3.98. The third-order valence-electron chi connectivity index (χ3n) is 5.32. The van der Waals surface area contributed by atoms with Crippen molar-refractivity contribution in [2.24, 2.45) is 40.4 Å². The van der Waals surface area contributed by atoms with Crippen molar-refractivity contribution in [3.05, 3.63) is 0 Å². The Bertz CT molecular complexity index is 345. The van der Waals surface area contributed by atoms with Crippen molar-refractivity contribution in [2.75, 3.05) is 0 Å². The minimum atomic E-state index is -0.566. The largest absolute Gasteiger partial charge is 0.481 e. The van der Waals surface area contributed by atoms with Gasteiger partial charge in [0, 0.05) is 0 Å². The lowest BCUT2D eigenvalue weighted by molar-refractivity contribution is -0.146. The third-order valence-corrected chi connectivity index (χ3v) is 5.32. The highest BCUT2D eigenvalue weighted by molar-refractivity contribution is 5.71. The van der Waals surface area contributed by atoms with Crippen LogP contribution in [0.5, 0.6) is 0 Å². The van der Waals surface area contributed by atoms with Crippen LogP contribution in [0.2, 0.25) is 0 Å². The molecule has 5 unspecified atom stereocenters. The fourth-order valence-corrected chi connectivity index (χ4v) is 5.07. The number of rotatable bonds is 1. The van der Waals surface area contributed by atoms with Gasteiger partial charge in [-0.1, -0.05) is 41.5 Å². The van der Waals surface area contributed by atoms with Gasteiger partial charge in [-0.05, 0) is 47.3 Å². The summed E-state index contributed by atoms with van der Waals surface area (Å²) in [6.45, 7) is 13.8. The molecule has 0 aromatic rings. The molecule has 104 valence electrons. The molecule has 0 radical (unpaired) electrons. The molecule has 1 N–H and O–H groups in total. The summed E-state index contributed by atoms with van der Waals surface area (Å²) in [6, 6.07) is 0. The van der Waals surface area contributed by atoms with Gasteiger partial charge < -0.3 is 5.11 Å². The Balaban J connectivity index is 2.35. The van der Waals surface area contributed by atoms with Crippen LogP contribution in [0.15, 0.2) is 0 Å². The average molecular weight is 252 g/mol. The van der Waals surface area contributed by atoms with E-state index in [-0.39, 0.29) is 11.3 Å². The van der Waals surface area contributed by atoms with E-state index in [0.29, 0.717) is 29.1 Å². The van der Waals surface area contributed by atoms with E-state index in [2.05, 4.69) is 41.5 Å². The standard InChI is InChI=1S/C16H28O2/c1-15(2,3)12-9-7-10(11(8-9)14(17)18)13(12)16(4,5)6/h9-13H,7-8H2,1-6H3,(H,17,18). The molecule has 2 aliphatic rings. The van der Waals surface area contributed by atoms with E-state index in [1.54, 1.807) is 0 Å². The predicted octanol–water partition coefficient (Wildman–Crippen LogP) is 4.05. The Morgan fingerprint density at radius 2 is 1.44 bits per heavy atom. The average Bonchev–Trinajstić information content (AvgIpc) is 2.69. The zero-order valence-electron chi connectivity index (χ0n) is 12.7. The molecule has 0 aromatic heterocycles. The number of carboxylic acid groups (broad SMARTS) is 1. The molecule has 2 aliphatic carbocycles. The van der Waals surface area contributed by atoms with Crippen LogP contribution in [0.1, 0.15) is 54.4 Å². The number of aliphatic carboxylic acids is 1. The molecule has 5 atom stereocenters. The van der Waals surface area contributed by atoms with Crippen LogP contribution in [-0.4, -0.2) is 11.1 Å². The van der Waals surface area contributed by atoms with Crippen molar-refractivity contribution in [1.82, 2.24) is 0 Å². The molecular weight excluding hydrogens is 224 g/mol. The first kappa shape index (κ1) is 13.9. The van der Waals surface area contributed by atoms with Crippen LogP contribution < -0.4 is 0 Å². The van der Waals surface area contributed by atoms with Gasteiger partial charge in [0.05, 0.1) is 5.92 Å². The maximum Gasteiger partial charge on any atom is 0.306 e. The Morgan fingerprint density at radius 3 is 1.83 bits per heavy atom. The van der Waals surface area contributed by atoms with Crippen molar-refractivity contribution in [3.8, 4) is 0 Å². The van der Waals surface area contributed by atoms with Crippen molar-refractivity contribution >= 4 is 5.97 Å². The van der Waals surface area contributed by atoms with E-state index in [4.69, 9.17) is 0 Å². The first-order chi connectivity index (χ1) is 8.03. The van der Waals surface area contributed by atoms with Crippen LogP contribution in [0.4, 0.5) is 0 Å². The summed E-state index contributed by atoms with van der Waals surface area (Å²) in [5, 5.41) is 9.41. The molecule has 2 nitrogen and oxygen atoms in total. The zero-order chi connectivity index (χ0) is 13.9. The predicted molar refractivity (Wildman–Crippen MR) is 73.2 cm³/mol. The molecule has 2 rings (SSSR count). The molecule has 0 saturated heterocycles. The molecule has 0 spiro atoms. The Hall–Kier alpha value is -0.530. The van der Waals surface area contributed by atoms with E-state index in [0.717, 1.165) is 12.8 Å². The SMILES string of the molecule is CC(C)(C)C1C2CC(C(=O)O)C(C2)C1C(C)(C)C. The van der Waals surface area contributed by atoms with E-state index in [1.807, 2.05) is 0 Å². The molecule has 2 heteroatoms. The third kappa shape index (κ3) is 2.08. The van der Waals surface area contributed by atoms with E-state index in [9.17, 15) is 9.90 Å². The lowest BCUT2D eigenvalue weighted by atomic mass is 9.57. The minimum absolute atomic E-state index is 0.0853. The summed E-state index contributed by atoms with van der Waals surface area (Å²) >= 11 is 0. The van der Waals surface area contributed by atoms with E-state index < -0.39 is 5.97 Å². The highest BCUT2D eigenvalue weighted by Crippen LogP contribution is 2.64. The molecule has 2 saturated carbocycles. The van der Waals surface area contributed by atoms with Gasteiger partial charge in [-0.25, -0.2) is 0 Å². The first-order valence-electron chi connectivity index (χ1n) is 7.26. The van der Waals surface area contributed by atoms with Crippen molar-refractivity contribution in [2.45, 2.75) is 54.4 Å². The van der Waals surface area contributed by atoms with E-state index in [1.165, 1.54) is 0 Å². The monoisotopic (exact) mass is 252 g/mol. The maximum absolute atomic E-state index is 11.4. The van der Waals surface area contributed by atoms with Crippen LogP contribution in [0.25, 0.3) is 0 Å². The van der Waals surface area contributed by atoms with Gasteiger partial charge in [-0.15, -0.1) is 0 Å². The number of hydrogen-bond donors (Lipinski definition) is 1. The quantitative estimate of drug-likeness (QED) is 0.764. The fraction of sp³-hybridized carbons (Fsp3) is 0.938. The first-order valence-corrected chi connectivity index (χ1v) is 7.26. The fourth-order valence-electron chi connectivity index (χ4n) is 5.07. The lowest BCUT2D eigenvalue weighted by Gasteiger charge is -2.47. The second-order valence-corrected chi connectivity index (χ2v) is 8.62. The van der Waals surface area contributed by atoms with Gasteiger partial charge >= 0.3 is 5.97 Å². The van der Waals surface area contributed by atoms with Gasteiger partial charge in [0.15, 0.2) is 0 Å². The summed E-state index contributed by atoms with van der Waals surface area (Å²) in [6.07, 6.45) is 2.05. The van der Waals surface area contributed by atoms with Gasteiger partial charge in [-0.2, -0.15) is 0 Å². The number of carboxylic acids is 1. The zero-order valence-corrected chi connectivity index (χ0v) is 12.7. The summed E-state index contributed by atoms with van der Waals surface area (Å²) in [5.41, 5.74) is 0.506. The summed E-state index contributed by atoms with van der Waals surface area (Å²) in [7, 11) is 0. The number of fused-ring (bicyclic) bond motifs is 2. The van der Waals surface area contributed by atoms with Gasteiger partial charge in [0.2, 0.25) is 0 Å². The Labute approximate surface area is 111 Å². The molecular formula is C16H28O2. The Morgan fingerprint density at radius 1 is 0.944 bits per heavy atom. The second-order valence-electron chi connectivity index (χ2n) is 8.62. The van der Waals surface area contributed by atoms with Crippen LogP contribution >= 0.6 is 0 Å². The van der Waals surface area contributed by atoms with Gasteiger partial charge in [-0.3, -0.25) is 4.79 Å². The maximum atomic E-state index is 11.4. The molecule has 0 amide bonds. The highest BCUT2D eigenvalue weighted by Gasteiger charge is 2.60.